The Labute approximate surface area is 182 Å². The summed E-state index contributed by atoms with van der Waals surface area (Å²) in [4.78, 5) is 28.3. The molecule has 0 unspecified atom stereocenters. The smallest absolute Gasteiger partial charge is 0.305 e. The molecule has 2 N–H and O–H groups in total. The first-order valence-electron chi connectivity index (χ1n) is 8.89. The molecule has 3 aromatic rings. The molecule has 0 aliphatic carbocycles. The number of fused-ring (bicyclic) bond motifs is 1. The van der Waals surface area contributed by atoms with Crippen molar-refractivity contribution in [3.63, 3.8) is 0 Å². The highest BCUT2D eigenvalue weighted by Crippen LogP contribution is 2.25. The van der Waals surface area contributed by atoms with Crippen LogP contribution in [0.1, 0.15) is 28.8 Å². The van der Waals surface area contributed by atoms with Gasteiger partial charge in [-0.05, 0) is 36.7 Å². The van der Waals surface area contributed by atoms with Crippen molar-refractivity contribution in [2.45, 2.75) is 19.3 Å². The lowest BCUT2D eigenvalue weighted by Gasteiger charge is -2.04. The topological polar surface area (TPSA) is 87.2 Å². The summed E-state index contributed by atoms with van der Waals surface area (Å²) in [5.41, 5.74) is 10.0. The van der Waals surface area contributed by atoms with Crippen molar-refractivity contribution >= 4 is 47.6 Å². The number of halogens is 2. The molecular formula is C21H25Cl2N3O3. The molecule has 3 rings (SSSR count). The number of hydrogen-bond donors (Lipinski definition) is 1. The van der Waals surface area contributed by atoms with Crippen LogP contribution in [0.4, 0.5) is 0 Å². The fourth-order valence-electron chi connectivity index (χ4n) is 3.08. The zero-order valence-electron chi connectivity index (χ0n) is 16.4. The van der Waals surface area contributed by atoms with Crippen LogP contribution < -0.4 is 5.73 Å². The molecule has 0 radical (unpaired) electrons. The number of hydrogen-bond acceptors (Lipinski definition) is 5. The lowest BCUT2D eigenvalue weighted by atomic mass is 10.1. The van der Waals surface area contributed by atoms with Crippen molar-refractivity contribution in [1.82, 2.24) is 9.55 Å². The van der Waals surface area contributed by atoms with Crippen LogP contribution in [0.25, 0.3) is 22.4 Å². The average Bonchev–Trinajstić information content (AvgIpc) is 3.02. The Bertz CT molecular complexity index is 985. The molecule has 8 heteroatoms. The standard InChI is InChI=1S/C21H23N3O3.2ClH/c1-24-18-8-7-16(19(25)9-10-20(26)27-2)13-17(18)23-21(24)15-5-3-14(4-6-15)11-12-22;;/h3-8,13H,9-12,22H2,1-2H3;2*1H. The number of aryl methyl sites for hydroxylation is 1. The van der Waals surface area contributed by atoms with E-state index in [4.69, 9.17) is 10.7 Å². The molecule has 0 spiro atoms. The van der Waals surface area contributed by atoms with Gasteiger partial charge >= 0.3 is 5.97 Å². The van der Waals surface area contributed by atoms with Gasteiger partial charge in [0, 0.05) is 24.6 Å². The van der Waals surface area contributed by atoms with Gasteiger partial charge in [-0.3, -0.25) is 9.59 Å². The van der Waals surface area contributed by atoms with Gasteiger partial charge in [0.25, 0.3) is 0 Å². The van der Waals surface area contributed by atoms with Crippen LogP contribution in [-0.2, 0) is 23.0 Å². The number of ether oxygens (including phenoxy) is 1. The molecule has 0 fully saturated rings. The number of rotatable bonds is 7. The maximum atomic E-state index is 12.3. The third-order valence-corrected chi connectivity index (χ3v) is 4.63. The van der Waals surface area contributed by atoms with Crippen molar-refractivity contribution < 1.29 is 14.3 Å². The minimum Gasteiger partial charge on any atom is -0.469 e. The van der Waals surface area contributed by atoms with Crippen LogP contribution in [0.15, 0.2) is 42.5 Å². The van der Waals surface area contributed by atoms with Crippen molar-refractivity contribution in [3.8, 4) is 11.4 Å². The summed E-state index contributed by atoms with van der Waals surface area (Å²) in [6.07, 6.45) is 1.05. The van der Waals surface area contributed by atoms with Crippen molar-refractivity contribution in [2.75, 3.05) is 13.7 Å². The van der Waals surface area contributed by atoms with Gasteiger partial charge < -0.3 is 15.0 Å². The van der Waals surface area contributed by atoms with E-state index in [1.165, 1.54) is 12.7 Å². The monoisotopic (exact) mass is 437 g/mol. The maximum Gasteiger partial charge on any atom is 0.305 e. The van der Waals surface area contributed by atoms with Gasteiger partial charge in [0.05, 0.1) is 24.6 Å². The first-order chi connectivity index (χ1) is 13.0. The summed E-state index contributed by atoms with van der Waals surface area (Å²) in [5, 5.41) is 0. The first kappa shape index (κ1) is 24.6. The molecule has 156 valence electrons. The Balaban J connectivity index is 0.00000210. The lowest BCUT2D eigenvalue weighted by molar-refractivity contribution is -0.140. The lowest BCUT2D eigenvalue weighted by Crippen LogP contribution is -2.06. The van der Waals surface area contributed by atoms with Crippen LogP contribution >= 0.6 is 24.8 Å². The number of carbonyl (C=O) groups excluding carboxylic acids is 2. The second-order valence-electron chi connectivity index (χ2n) is 6.43. The number of nitrogens with zero attached hydrogens (tertiary/aromatic N) is 2. The van der Waals surface area contributed by atoms with Gasteiger partial charge in [-0.15, -0.1) is 24.8 Å². The summed E-state index contributed by atoms with van der Waals surface area (Å²) in [6.45, 7) is 0.623. The van der Waals surface area contributed by atoms with E-state index in [2.05, 4.69) is 16.9 Å². The minimum atomic E-state index is -0.386. The molecule has 0 saturated heterocycles. The quantitative estimate of drug-likeness (QED) is 0.449. The third-order valence-electron chi connectivity index (χ3n) is 4.63. The van der Waals surface area contributed by atoms with Gasteiger partial charge in [0.1, 0.15) is 5.82 Å². The number of aromatic nitrogens is 2. The van der Waals surface area contributed by atoms with Crippen molar-refractivity contribution in [3.05, 3.63) is 53.6 Å². The molecule has 0 bridgehead atoms. The summed E-state index contributed by atoms with van der Waals surface area (Å²) < 4.78 is 6.59. The van der Waals surface area contributed by atoms with E-state index in [0.29, 0.717) is 12.1 Å². The molecule has 1 heterocycles. The van der Waals surface area contributed by atoms with Gasteiger partial charge in [-0.25, -0.2) is 4.98 Å². The summed E-state index contributed by atoms with van der Waals surface area (Å²) in [7, 11) is 3.27. The predicted octanol–water partition coefficient (Wildman–Crippen LogP) is 3.72. The van der Waals surface area contributed by atoms with Gasteiger partial charge in [-0.2, -0.15) is 0 Å². The van der Waals surface area contributed by atoms with E-state index < -0.39 is 0 Å². The summed E-state index contributed by atoms with van der Waals surface area (Å²) in [6, 6.07) is 13.6. The minimum absolute atomic E-state index is 0. The maximum absolute atomic E-state index is 12.3. The van der Waals surface area contributed by atoms with Crippen LogP contribution in [0.3, 0.4) is 0 Å². The number of benzene rings is 2. The fraction of sp³-hybridized carbons (Fsp3) is 0.286. The normalized spacial score (nSPS) is 10.2. The fourth-order valence-corrected chi connectivity index (χ4v) is 3.08. The Hall–Kier alpha value is -2.41. The number of Topliss-reactive ketones (excluding diaryl/α,β-unsaturated/α-hetero) is 1. The number of esters is 1. The highest BCUT2D eigenvalue weighted by molar-refractivity contribution is 6.00. The highest BCUT2D eigenvalue weighted by atomic mass is 35.5. The molecule has 29 heavy (non-hydrogen) atoms. The van der Waals surface area contributed by atoms with E-state index in [1.807, 2.05) is 29.8 Å². The van der Waals surface area contributed by atoms with Crippen molar-refractivity contribution in [1.29, 1.82) is 0 Å². The predicted molar refractivity (Wildman–Crippen MR) is 119 cm³/mol. The zero-order chi connectivity index (χ0) is 19.4. The molecule has 1 aromatic heterocycles. The van der Waals surface area contributed by atoms with E-state index >= 15 is 0 Å². The Kier molecular flexibility index (Phi) is 9.30. The summed E-state index contributed by atoms with van der Waals surface area (Å²) in [5.74, 6) is 0.353. The van der Waals surface area contributed by atoms with E-state index in [1.54, 1.807) is 12.1 Å². The molecule has 0 atom stereocenters. The molecule has 0 aliphatic rings. The van der Waals surface area contributed by atoms with E-state index in [-0.39, 0.29) is 49.4 Å². The first-order valence-corrected chi connectivity index (χ1v) is 8.89. The summed E-state index contributed by atoms with van der Waals surface area (Å²) >= 11 is 0. The number of nitrogens with two attached hydrogens (primary N) is 1. The number of imidazole rings is 1. The van der Waals surface area contributed by atoms with Crippen LogP contribution in [0, 0.1) is 0 Å². The molecule has 0 amide bonds. The largest absolute Gasteiger partial charge is 0.469 e. The second-order valence-corrected chi connectivity index (χ2v) is 6.43. The van der Waals surface area contributed by atoms with E-state index in [9.17, 15) is 9.59 Å². The molecule has 2 aromatic carbocycles. The second kappa shape index (κ2) is 11.0. The Morgan fingerprint density at radius 1 is 1.07 bits per heavy atom. The number of carbonyl (C=O) groups is 2. The van der Waals surface area contributed by atoms with Crippen molar-refractivity contribution in [2.24, 2.45) is 12.8 Å². The molecule has 0 saturated carbocycles. The van der Waals surface area contributed by atoms with Gasteiger partial charge in [0.2, 0.25) is 0 Å². The Morgan fingerprint density at radius 2 is 1.76 bits per heavy atom. The van der Waals surface area contributed by atoms with E-state index in [0.717, 1.165) is 28.8 Å². The van der Waals surface area contributed by atoms with Gasteiger partial charge in [0.15, 0.2) is 5.78 Å². The van der Waals surface area contributed by atoms with Gasteiger partial charge in [-0.1, -0.05) is 24.3 Å². The highest BCUT2D eigenvalue weighted by Gasteiger charge is 2.14. The van der Waals surface area contributed by atoms with Crippen LogP contribution in [0.2, 0.25) is 0 Å². The molecular weight excluding hydrogens is 413 g/mol. The molecule has 0 aliphatic heterocycles. The molecule has 6 nitrogen and oxygen atoms in total. The third kappa shape index (κ3) is 5.56. The zero-order valence-corrected chi connectivity index (χ0v) is 18.0. The Morgan fingerprint density at radius 3 is 2.38 bits per heavy atom. The number of ketones is 1. The van der Waals surface area contributed by atoms with Crippen LogP contribution in [-0.4, -0.2) is 35.0 Å². The van der Waals surface area contributed by atoms with Crippen LogP contribution in [0.5, 0.6) is 0 Å². The number of methoxy groups -OCH3 is 1. The average molecular weight is 438 g/mol. The SMILES string of the molecule is COC(=O)CCC(=O)c1ccc2c(c1)nc(-c1ccc(CCN)cc1)n2C.Cl.Cl.